The van der Waals surface area contributed by atoms with Gasteiger partial charge in [-0.1, -0.05) is 47.5 Å². The van der Waals surface area contributed by atoms with Gasteiger partial charge in [0, 0.05) is 11.8 Å². The molecule has 3 heterocycles. The van der Waals surface area contributed by atoms with Crippen molar-refractivity contribution in [3.8, 4) is 17.0 Å². The first-order valence-corrected chi connectivity index (χ1v) is 11.9. The molecule has 1 amide bonds. The summed E-state index contributed by atoms with van der Waals surface area (Å²) in [5.41, 5.74) is -1.07. The predicted octanol–water partition coefficient (Wildman–Crippen LogP) is 6.37. The normalized spacial score (nSPS) is 11.7. The van der Waals surface area contributed by atoms with Crippen LogP contribution in [0.1, 0.15) is 21.7 Å². The first-order valence-electron chi connectivity index (χ1n) is 11.1. The third-order valence-electron chi connectivity index (χ3n) is 5.61. The number of anilines is 1. The van der Waals surface area contributed by atoms with Crippen molar-refractivity contribution in [3.05, 3.63) is 93.6 Å². The smallest absolute Gasteiger partial charge is 0.433 e. The third-order valence-corrected chi connectivity index (χ3v) is 6.24. The Labute approximate surface area is 227 Å². The molecule has 3 aromatic heterocycles. The molecule has 39 heavy (non-hydrogen) atoms. The molecule has 0 saturated carbocycles. The Morgan fingerprint density at radius 3 is 2.51 bits per heavy atom. The number of fused-ring (bicyclic) bond motifs is 1. The van der Waals surface area contributed by atoms with Gasteiger partial charge in [0.1, 0.15) is 21.6 Å². The van der Waals surface area contributed by atoms with Gasteiger partial charge in [0.15, 0.2) is 22.9 Å². The predicted molar refractivity (Wildman–Crippen MR) is 136 cm³/mol. The third kappa shape index (κ3) is 5.38. The van der Waals surface area contributed by atoms with Gasteiger partial charge in [-0.3, -0.25) is 9.48 Å². The van der Waals surface area contributed by atoms with E-state index in [1.165, 1.54) is 36.2 Å². The number of nitrogens with zero attached hydrogens (tertiary/aromatic N) is 5. The molecule has 0 atom stereocenters. The van der Waals surface area contributed by atoms with E-state index in [0.717, 1.165) is 11.6 Å². The van der Waals surface area contributed by atoms with Gasteiger partial charge in [0.2, 0.25) is 0 Å². The van der Waals surface area contributed by atoms with Gasteiger partial charge < -0.3 is 10.1 Å². The molecular formula is C25H16Cl2F4N6O2. The van der Waals surface area contributed by atoms with Crippen LogP contribution in [0.5, 0.6) is 5.75 Å². The van der Waals surface area contributed by atoms with Gasteiger partial charge in [-0.05, 0) is 35.9 Å². The number of carbonyl (C=O) groups is 1. The molecule has 1 N–H and O–H groups in total. The Hall–Kier alpha value is -4.16. The Kier molecular flexibility index (Phi) is 6.91. The number of aromatic nitrogens is 5. The number of nitrogens with one attached hydrogen (secondary N) is 1. The summed E-state index contributed by atoms with van der Waals surface area (Å²) < 4.78 is 62.2. The number of ether oxygens (including phenoxy) is 1. The SMILES string of the molecule is COc1cccc(-c2cc(C(F)(F)F)n3nc(C(=O)Nc4nn(Cc5ccc(F)cc5)cc4Cl)c(Cl)c3n2)c1. The van der Waals surface area contributed by atoms with Crippen LogP contribution in [0.3, 0.4) is 0 Å². The quantitative estimate of drug-likeness (QED) is 0.237. The summed E-state index contributed by atoms with van der Waals surface area (Å²) in [7, 11) is 1.42. The van der Waals surface area contributed by atoms with Crippen LogP contribution in [0, 0.1) is 5.82 Å². The summed E-state index contributed by atoms with van der Waals surface area (Å²) in [5, 5.41) is 10.1. The summed E-state index contributed by atoms with van der Waals surface area (Å²) in [6.45, 7) is 0.219. The zero-order valence-electron chi connectivity index (χ0n) is 19.8. The molecule has 0 aliphatic heterocycles. The fourth-order valence-electron chi connectivity index (χ4n) is 3.78. The lowest BCUT2D eigenvalue weighted by atomic mass is 10.1. The largest absolute Gasteiger partial charge is 0.497 e. The van der Waals surface area contributed by atoms with Gasteiger partial charge >= 0.3 is 6.18 Å². The van der Waals surface area contributed by atoms with Crippen molar-refractivity contribution in [2.45, 2.75) is 12.7 Å². The molecule has 0 aliphatic carbocycles. The number of benzene rings is 2. The van der Waals surface area contributed by atoms with E-state index in [2.05, 4.69) is 20.5 Å². The number of methoxy groups -OCH3 is 1. The molecule has 0 saturated heterocycles. The molecule has 14 heteroatoms. The topological polar surface area (TPSA) is 86.3 Å². The average molecular weight is 579 g/mol. The highest BCUT2D eigenvalue weighted by atomic mass is 35.5. The lowest BCUT2D eigenvalue weighted by Crippen LogP contribution is -2.16. The van der Waals surface area contributed by atoms with Crippen LogP contribution in [0.4, 0.5) is 23.4 Å². The molecule has 5 aromatic rings. The van der Waals surface area contributed by atoms with Crippen LogP contribution >= 0.6 is 23.2 Å². The molecule has 0 fully saturated rings. The highest BCUT2D eigenvalue weighted by Gasteiger charge is 2.37. The molecule has 5 rings (SSSR count). The van der Waals surface area contributed by atoms with Crippen LogP contribution in [-0.2, 0) is 12.7 Å². The van der Waals surface area contributed by atoms with Crippen molar-refractivity contribution in [1.29, 1.82) is 0 Å². The Morgan fingerprint density at radius 2 is 1.82 bits per heavy atom. The number of hydrogen-bond donors (Lipinski definition) is 1. The molecule has 0 spiro atoms. The highest BCUT2D eigenvalue weighted by molar-refractivity contribution is 6.37. The van der Waals surface area contributed by atoms with Crippen LogP contribution < -0.4 is 10.1 Å². The molecular weight excluding hydrogens is 563 g/mol. The first-order chi connectivity index (χ1) is 18.5. The molecule has 0 bridgehead atoms. The summed E-state index contributed by atoms with van der Waals surface area (Å²) >= 11 is 12.5. The van der Waals surface area contributed by atoms with E-state index in [1.807, 2.05) is 0 Å². The van der Waals surface area contributed by atoms with Crippen LogP contribution in [0.15, 0.2) is 60.8 Å². The van der Waals surface area contributed by atoms with Crippen molar-refractivity contribution in [1.82, 2.24) is 24.4 Å². The second-order valence-electron chi connectivity index (χ2n) is 8.26. The first kappa shape index (κ1) is 26.4. The number of rotatable bonds is 6. The number of amides is 1. The zero-order chi connectivity index (χ0) is 27.9. The van der Waals surface area contributed by atoms with E-state index in [4.69, 9.17) is 27.9 Å². The van der Waals surface area contributed by atoms with Crippen molar-refractivity contribution in [3.63, 3.8) is 0 Å². The van der Waals surface area contributed by atoms with E-state index in [1.54, 1.807) is 30.3 Å². The van der Waals surface area contributed by atoms with E-state index >= 15 is 0 Å². The van der Waals surface area contributed by atoms with Gasteiger partial charge in [-0.2, -0.15) is 23.4 Å². The highest BCUT2D eigenvalue weighted by Crippen LogP contribution is 2.35. The molecule has 2 aromatic carbocycles. The van der Waals surface area contributed by atoms with Gasteiger partial charge in [-0.15, -0.1) is 0 Å². The lowest BCUT2D eigenvalue weighted by molar-refractivity contribution is -0.142. The maximum atomic E-state index is 14.0. The van der Waals surface area contributed by atoms with Gasteiger partial charge in [0.05, 0.1) is 19.3 Å². The number of hydrogen-bond acceptors (Lipinski definition) is 5. The fraction of sp³-hybridized carbons (Fsp3) is 0.120. The summed E-state index contributed by atoms with van der Waals surface area (Å²) in [6, 6.07) is 12.8. The molecule has 0 aliphatic rings. The Balaban J connectivity index is 1.49. The van der Waals surface area contributed by atoms with Crippen LogP contribution in [0.2, 0.25) is 10.0 Å². The summed E-state index contributed by atoms with van der Waals surface area (Å²) in [5.74, 6) is -1.00. The molecule has 8 nitrogen and oxygen atoms in total. The van der Waals surface area contributed by atoms with Crippen LogP contribution in [0.25, 0.3) is 16.9 Å². The minimum Gasteiger partial charge on any atom is -0.497 e. The zero-order valence-corrected chi connectivity index (χ0v) is 21.3. The molecule has 0 radical (unpaired) electrons. The molecule has 0 unspecified atom stereocenters. The Bertz CT molecular complexity index is 1700. The van der Waals surface area contributed by atoms with E-state index in [-0.39, 0.29) is 28.7 Å². The lowest BCUT2D eigenvalue weighted by Gasteiger charge is -2.11. The second kappa shape index (κ2) is 10.2. The van der Waals surface area contributed by atoms with Crippen molar-refractivity contribution in [2.75, 3.05) is 12.4 Å². The maximum Gasteiger partial charge on any atom is 0.433 e. The van der Waals surface area contributed by atoms with Crippen molar-refractivity contribution >= 4 is 40.6 Å². The van der Waals surface area contributed by atoms with Crippen molar-refractivity contribution in [2.24, 2.45) is 0 Å². The number of carbonyl (C=O) groups excluding carboxylic acids is 1. The summed E-state index contributed by atoms with van der Waals surface area (Å²) in [4.78, 5) is 17.3. The minimum absolute atomic E-state index is 0.0509. The molecule has 200 valence electrons. The fourth-order valence-corrected chi connectivity index (χ4v) is 4.22. The second-order valence-corrected chi connectivity index (χ2v) is 9.04. The monoisotopic (exact) mass is 578 g/mol. The van der Waals surface area contributed by atoms with E-state index in [9.17, 15) is 22.4 Å². The van der Waals surface area contributed by atoms with Gasteiger partial charge in [-0.25, -0.2) is 13.9 Å². The Morgan fingerprint density at radius 1 is 1.08 bits per heavy atom. The number of halogens is 6. The van der Waals surface area contributed by atoms with Crippen LogP contribution in [-0.4, -0.2) is 37.4 Å². The summed E-state index contributed by atoms with van der Waals surface area (Å²) in [6.07, 6.45) is -3.42. The minimum atomic E-state index is -4.85. The van der Waals surface area contributed by atoms with Gasteiger partial charge in [0.25, 0.3) is 5.91 Å². The van der Waals surface area contributed by atoms with Crippen molar-refractivity contribution < 1.29 is 27.1 Å². The maximum absolute atomic E-state index is 14.0. The average Bonchev–Trinajstić information content (AvgIpc) is 3.42. The van der Waals surface area contributed by atoms with E-state index < -0.39 is 34.3 Å². The van der Waals surface area contributed by atoms with E-state index in [0.29, 0.717) is 15.8 Å². The number of alkyl halides is 3. The standard InChI is InChI=1S/C25H16Cl2F4N6O2/c1-39-16-4-2-3-14(9-16)18-10-19(25(29,30)31)37-23(32-18)20(27)21(34-37)24(38)33-22-17(26)12-36(35-22)11-13-5-7-15(28)8-6-13/h2-10,12H,11H2,1H3,(H,33,35,38).